The number of carbonyl (C=O) groups is 1. The summed E-state index contributed by atoms with van der Waals surface area (Å²) >= 11 is 5.34. The van der Waals surface area contributed by atoms with Gasteiger partial charge in [0.1, 0.15) is 12.0 Å². The zero-order chi connectivity index (χ0) is 9.68. The minimum Gasteiger partial charge on any atom is -0.461 e. The third-order valence-corrected chi connectivity index (χ3v) is 2.61. The van der Waals surface area contributed by atoms with Crippen molar-refractivity contribution in [3.05, 3.63) is 0 Å². The van der Waals surface area contributed by atoms with Crippen LogP contribution >= 0.6 is 24.0 Å². The zero-order valence-electron chi connectivity index (χ0n) is 8.37. The van der Waals surface area contributed by atoms with Crippen molar-refractivity contribution >= 4 is 30.0 Å². The van der Waals surface area contributed by atoms with Crippen molar-refractivity contribution in [1.29, 1.82) is 0 Å². The second-order valence-corrected chi connectivity index (χ2v) is 3.52. The Morgan fingerprint density at radius 3 is 2.50 bits per heavy atom. The van der Waals surface area contributed by atoms with Gasteiger partial charge < -0.3 is 9.64 Å². The number of piperidine rings is 1. The monoisotopic (exact) mass is 241 g/mol. The van der Waals surface area contributed by atoms with Crippen molar-refractivity contribution in [1.82, 2.24) is 4.90 Å². The molecule has 0 aromatic carbocycles. The van der Waals surface area contributed by atoms with Gasteiger partial charge in [-0.3, -0.25) is 4.79 Å². The normalized spacial score (nSPS) is 18.7. The average molecular weight is 242 g/mol. The SMILES string of the molecule is CCN1CCC(OC(=O)CCl)CC1.Cl. The lowest BCUT2D eigenvalue weighted by Gasteiger charge is -2.30. The van der Waals surface area contributed by atoms with E-state index in [1.54, 1.807) is 0 Å². The van der Waals surface area contributed by atoms with Crippen LogP contribution in [0.1, 0.15) is 19.8 Å². The van der Waals surface area contributed by atoms with Gasteiger partial charge in [-0.15, -0.1) is 24.0 Å². The largest absolute Gasteiger partial charge is 0.461 e. The molecule has 1 rings (SSSR count). The number of ether oxygens (including phenoxy) is 1. The fourth-order valence-corrected chi connectivity index (χ4v) is 1.62. The smallest absolute Gasteiger partial charge is 0.321 e. The van der Waals surface area contributed by atoms with Crippen molar-refractivity contribution in [2.75, 3.05) is 25.5 Å². The standard InChI is InChI=1S/C9H16ClNO2.ClH/c1-2-11-5-3-8(4-6-11)13-9(12)7-10;/h8H,2-7H2,1H3;1H. The molecule has 0 N–H and O–H groups in total. The van der Waals surface area contributed by atoms with Crippen LogP contribution in [0.5, 0.6) is 0 Å². The van der Waals surface area contributed by atoms with Gasteiger partial charge >= 0.3 is 5.97 Å². The van der Waals surface area contributed by atoms with Gasteiger partial charge in [-0.25, -0.2) is 0 Å². The van der Waals surface area contributed by atoms with Gasteiger partial charge in [0, 0.05) is 13.1 Å². The Kier molecular flexibility index (Phi) is 7.33. The fourth-order valence-electron chi connectivity index (χ4n) is 1.56. The molecule has 0 saturated carbocycles. The average Bonchev–Trinajstić information content (AvgIpc) is 2.19. The van der Waals surface area contributed by atoms with Crippen LogP contribution in [-0.2, 0) is 9.53 Å². The molecule has 84 valence electrons. The second-order valence-electron chi connectivity index (χ2n) is 3.26. The maximum Gasteiger partial charge on any atom is 0.321 e. The highest BCUT2D eigenvalue weighted by molar-refractivity contribution is 6.26. The summed E-state index contributed by atoms with van der Waals surface area (Å²) in [5, 5.41) is 0. The Morgan fingerprint density at radius 2 is 2.07 bits per heavy atom. The summed E-state index contributed by atoms with van der Waals surface area (Å²) in [6, 6.07) is 0. The van der Waals surface area contributed by atoms with Crippen LogP contribution in [0, 0.1) is 0 Å². The van der Waals surface area contributed by atoms with Crippen LogP contribution in [0.3, 0.4) is 0 Å². The quantitative estimate of drug-likeness (QED) is 0.557. The van der Waals surface area contributed by atoms with Crippen molar-refractivity contribution in [2.45, 2.75) is 25.9 Å². The first kappa shape index (κ1) is 14.0. The van der Waals surface area contributed by atoms with Crippen molar-refractivity contribution in [2.24, 2.45) is 0 Å². The Morgan fingerprint density at radius 1 is 1.50 bits per heavy atom. The van der Waals surface area contributed by atoms with E-state index in [1.165, 1.54) is 0 Å². The highest BCUT2D eigenvalue weighted by Gasteiger charge is 2.20. The molecule has 0 bridgehead atoms. The minimum atomic E-state index is -0.295. The van der Waals surface area contributed by atoms with E-state index in [0.29, 0.717) is 0 Å². The van der Waals surface area contributed by atoms with E-state index in [4.69, 9.17) is 16.3 Å². The number of likely N-dealkylation sites (tertiary alicyclic amines) is 1. The number of hydrogen-bond donors (Lipinski definition) is 0. The first-order valence-corrected chi connectivity index (χ1v) is 5.27. The van der Waals surface area contributed by atoms with Gasteiger partial charge in [0.15, 0.2) is 0 Å². The molecule has 1 aliphatic heterocycles. The summed E-state index contributed by atoms with van der Waals surface area (Å²) < 4.78 is 5.14. The number of hydrogen-bond acceptors (Lipinski definition) is 3. The van der Waals surface area contributed by atoms with Gasteiger partial charge in [0.2, 0.25) is 0 Å². The van der Waals surface area contributed by atoms with Crippen molar-refractivity contribution in [3.8, 4) is 0 Å². The highest BCUT2D eigenvalue weighted by atomic mass is 35.5. The number of halogens is 2. The molecule has 0 aromatic rings. The molecule has 0 atom stereocenters. The number of rotatable bonds is 3. The fraction of sp³-hybridized carbons (Fsp3) is 0.889. The summed E-state index contributed by atoms with van der Waals surface area (Å²) in [6.45, 7) is 5.27. The number of carbonyl (C=O) groups excluding carboxylic acids is 1. The molecule has 1 aliphatic rings. The highest BCUT2D eigenvalue weighted by Crippen LogP contribution is 2.13. The molecule has 5 heteroatoms. The summed E-state index contributed by atoms with van der Waals surface area (Å²) in [7, 11) is 0. The van der Waals surface area contributed by atoms with Crippen molar-refractivity contribution in [3.63, 3.8) is 0 Å². The third-order valence-electron chi connectivity index (χ3n) is 2.39. The first-order chi connectivity index (χ1) is 6.26. The van der Waals surface area contributed by atoms with Crippen LogP contribution in [0.15, 0.2) is 0 Å². The summed E-state index contributed by atoms with van der Waals surface area (Å²) in [6.07, 6.45) is 1.97. The first-order valence-electron chi connectivity index (χ1n) is 4.74. The number of nitrogens with zero attached hydrogens (tertiary/aromatic N) is 1. The van der Waals surface area contributed by atoms with E-state index in [9.17, 15) is 4.79 Å². The van der Waals surface area contributed by atoms with Gasteiger partial charge in [-0.1, -0.05) is 6.92 Å². The third kappa shape index (κ3) is 4.49. The molecule has 0 radical (unpaired) electrons. The molecular weight excluding hydrogens is 225 g/mol. The molecule has 1 heterocycles. The van der Waals surface area contributed by atoms with E-state index in [2.05, 4.69) is 11.8 Å². The summed E-state index contributed by atoms with van der Waals surface area (Å²) in [5.41, 5.74) is 0. The van der Waals surface area contributed by atoms with E-state index in [-0.39, 0.29) is 30.4 Å². The van der Waals surface area contributed by atoms with Crippen LogP contribution in [0.4, 0.5) is 0 Å². The molecule has 1 fully saturated rings. The summed E-state index contributed by atoms with van der Waals surface area (Å²) in [4.78, 5) is 13.2. The number of alkyl halides is 1. The molecule has 0 spiro atoms. The van der Waals surface area contributed by atoms with Gasteiger partial charge in [0.25, 0.3) is 0 Å². The Labute approximate surface area is 96.1 Å². The molecule has 0 aliphatic carbocycles. The molecular formula is C9H17Cl2NO2. The van der Waals surface area contributed by atoms with E-state index >= 15 is 0 Å². The minimum absolute atomic E-state index is 0. The molecule has 0 amide bonds. The molecule has 14 heavy (non-hydrogen) atoms. The second kappa shape index (κ2) is 7.32. The molecule has 0 unspecified atom stereocenters. The number of esters is 1. The van der Waals surface area contributed by atoms with Crippen LogP contribution in [0.25, 0.3) is 0 Å². The Hall–Kier alpha value is 0.01000. The lowest BCUT2D eigenvalue weighted by molar-refractivity contribution is -0.148. The molecule has 1 saturated heterocycles. The predicted molar refractivity (Wildman–Crippen MR) is 59.2 cm³/mol. The van der Waals surface area contributed by atoms with Crippen LogP contribution in [0.2, 0.25) is 0 Å². The van der Waals surface area contributed by atoms with Gasteiger partial charge in [0.05, 0.1) is 0 Å². The Balaban J connectivity index is 0.00000169. The van der Waals surface area contributed by atoms with Crippen LogP contribution in [-0.4, -0.2) is 42.5 Å². The maximum atomic E-state index is 10.9. The van der Waals surface area contributed by atoms with Gasteiger partial charge in [-0.05, 0) is 19.4 Å². The van der Waals surface area contributed by atoms with E-state index in [0.717, 1.165) is 32.5 Å². The lowest BCUT2D eigenvalue weighted by Crippen LogP contribution is -2.37. The predicted octanol–water partition coefficient (Wildman–Crippen LogP) is 1.67. The maximum absolute atomic E-state index is 10.9. The van der Waals surface area contributed by atoms with Gasteiger partial charge in [-0.2, -0.15) is 0 Å². The van der Waals surface area contributed by atoms with E-state index in [1.807, 2.05) is 0 Å². The lowest BCUT2D eigenvalue weighted by atomic mass is 10.1. The molecule has 3 nitrogen and oxygen atoms in total. The van der Waals surface area contributed by atoms with E-state index < -0.39 is 0 Å². The zero-order valence-corrected chi connectivity index (χ0v) is 9.94. The summed E-state index contributed by atoms with van der Waals surface area (Å²) in [5.74, 6) is -0.329. The molecule has 0 aromatic heterocycles. The topological polar surface area (TPSA) is 29.5 Å². The van der Waals surface area contributed by atoms with Crippen LogP contribution < -0.4 is 0 Å². The van der Waals surface area contributed by atoms with Crippen molar-refractivity contribution < 1.29 is 9.53 Å². The Bertz CT molecular complexity index is 170.